The monoisotopic (exact) mass is 326 g/mol. The van der Waals surface area contributed by atoms with Gasteiger partial charge >= 0.3 is 11.9 Å². The summed E-state index contributed by atoms with van der Waals surface area (Å²) < 4.78 is 5.21. The third-order valence-corrected chi connectivity index (χ3v) is 3.02. The van der Waals surface area contributed by atoms with Crippen LogP contribution in [0.25, 0.3) is 0 Å². The number of benzene rings is 1. The summed E-state index contributed by atoms with van der Waals surface area (Å²) in [6.45, 7) is 3.38. The number of ether oxygens (including phenoxy) is 1. The van der Waals surface area contributed by atoms with Crippen LogP contribution in [0.2, 0.25) is 0 Å². The summed E-state index contributed by atoms with van der Waals surface area (Å²) in [4.78, 5) is 18.2. The van der Waals surface area contributed by atoms with Gasteiger partial charge in [0.2, 0.25) is 0 Å². The summed E-state index contributed by atoms with van der Waals surface area (Å²) in [7, 11) is 5.46. The van der Waals surface area contributed by atoms with Crippen molar-refractivity contribution in [3.8, 4) is 5.75 Å². The molecule has 1 aromatic rings. The van der Waals surface area contributed by atoms with Gasteiger partial charge in [-0.25, -0.2) is 9.59 Å². The van der Waals surface area contributed by atoms with E-state index >= 15 is 0 Å². The van der Waals surface area contributed by atoms with Gasteiger partial charge in [-0.3, -0.25) is 0 Å². The molecule has 0 radical (unpaired) electrons. The number of hydrogen-bond donors (Lipinski definition) is 4. The lowest BCUT2D eigenvalue weighted by Gasteiger charge is -2.09. The number of carboxylic acids is 2. The van der Waals surface area contributed by atoms with Gasteiger partial charge in [-0.15, -0.1) is 0 Å². The Balaban J connectivity index is 0.000000453. The summed E-state index contributed by atoms with van der Waals surface area (Å²) in [6, 6.07) is 6.30. The fourth-order valence-electron chi connectivity index (χ4n) is 1.96. The number of carboxylic acid groups (broad SMARTS) is 2. The van der Waals surface area contributed by atoms with Crippen LogP contribution in [0.15, 0.2) is 18.2 Å². The zero-order valence-electron chi connectivity index (χ0n) is 14.0. The Bertz CT molecular complexity index is 493. The van der Waals surface area contributed by atoms with Crippen LogP contribution in [0.1, 0.15) is 18.9 Å². The average molecular weight is 326 g/mol. The molecule has 0 spiro atoms. The SMILES string of the molecule is CNC.COc1ccc2c(c1)NCCC(C)C2.O=C(O)C(=O)O. The van der Waals surface area contributed by atoms with Crippen molar-refractivity contribution >= 4 is 17.6 Å². The molecule has 7 nitrogen and oxygen atoms in total. The molecule has 7 heteroatoms. The summed E-state index contributed by atoms with van der Waals surface area (Å²) in [5.74, 6) is -1.94. The molecule has 0 saturated carbocycles. The Kier molecular flexibility index (Phi) is 10.2. The highest BCUT2D eigenvalue weighted by molar-refractivity contribution is 6.27. The molecule has 0 aliphatic carbocycles. The van der Waals surface area contributed by atoms with Gasteiger partial charge in [-0.05, 0) is 44.5 Å². The number of fused-ring (bicyclic) bond motifs is 1. The van der Waals surface area contributed by atoms with E-state index in [9.17, 15) is 0 Å². The predicted octanol–water partition coefficient (Wildman–Crippen LogP) is 1.68. The summed E-state index contributed by atoms with van der Waals surface area (Å²) >= 11 is 0. The van der Waals surface area contributed by atoms with Crippen molar-refractivity contribution in [3.63, 3.8) is 0 Å². The minimum absolute atomic E-state index is 0.775. The van der Waals surface area contributed by atoms with Crippen LogP contribution in [0.5, 0.6) is 5.75 Å². The van der Waals surface area contributed by atoms with Crippen molar-refractivity contribution < 1.29 is 24.5 Å². The summed E-state index contributed by atoms with van der Waals surface area (Å²) in [6.07, 6.45) is 2.42. The first-order valence-corrected chi connectivity index (χ1v) is 7.31. The summed E-state index contributed by atoms with van der Waals surface area (Å²) in [5.41, 5.74) is 2.66. The smallest absolute Gasteiger partial charge is 0.414 e. The van der Waals surface area contributed by atoms with E-state index in [4.69, 9.17) is 24.5 Å². The molecule has 0 saturated heterocycles. The molecule has 1 heterocycles. The van der Waals surface area contributed by atoms with Gasteiger partial charge in [0.25, 0.3) is 0 Å². The minimum Gasteiger partial charge on any atom is -0.497 e. The van der Waals surface area contributed by atoms with E-state index in [0.29, 0.717) is 0 Å². The molecule has 2 rings (SSSR count). The molecule has 1 atom stereocenters. The van der Waals surface area contributed by atoms with Crippen molar-refractivity contribution in [2.75, 3.05) is 33.1 Å². The number of methoxy groups -OCH3 is 1. The quantitative estimate of drug-likeness (QED) is 0.582. The molecule has 4 N–H and O–H groups in total. The number of nitrogens with one attached hydrogen (secondary N) is 2. The van der Waals surface area contributed by atoms with Crippen molar-refractivity contribution in [3.05, 3.63) is 23.8 Å². The van der Waals surface area contributed by atoms with Crippen LogP contribution in [0, 0.1) is 5.92 Å². The molecular weight excluding hydrogens is 300 g/mol. The molecule has 0 aromatic heterocycles. The normalized spacial score (nSPS) is 15.2. The molecule has 130 valence electrons. The van der Waals surface area contributed by atoms with Gasteiger partial charge in [0, 0.05) is 18.3 Å². The van der Waals surface area contributed by atoms with E-state index in [-0.39, 0.29) is 0 Å². The zero-order valence-corrected chi connectivity index (χ0v) is 14.0. The van der Waals surface area contributed by atoms with Gasteiger partial charge in [0.15, 0.2) is 0 Å². The Morgan fingerprint density at radius 2 is 1.83 bits per heavy atom. The molecule has 0 fully saturated rings. The topological polar surface area (TPSA) is 108 Å². The standard InChI is InChI=1S/C12H17NO.C2H7N.C2H2O4/c1-9-5-6-13-12-8-11(14-2)4-3-10(12)7-9;1-3-2;3-1(4)2(5)6/h3-4,8-9,13H,5-7H2,1-2H3;3H,1-2H3;(H,3,4)(H,5,6). The van der Waals surface area contributed by atoms with Gasteiger partial charge in [-0.2, -0.15) is 0 Å². The van der Waals surface area contributed by atoms with Crippen LogP contribution in [-0.2, 0) is 16.0 Å². The fraction of sp³-hybridized carbons (Fsp3) is 0.500. The van der Waals surface area contributed by atoms with E-state index in [1.165, 1.54) is 24.1 Å². The number of hydrogen-bond acceptors (Lipinski definition) is 5. The van der Waals surface area contributed by atoms with Crippen molar-refractivity contribution in [1.29, 1.82) is 0 Å². The number of anilines is 1. The minimum atomic E-state index is -1.82. The Morgan fingerprint density at radius 3 is 2.30 bits per heavy atom. The second kappa shape index (κ2) is 11.3. The van der Waals surface area contributed by atoms with Crippen molar-refractivity contribution in [1.82, 2.24) is 5.32 Å². The van der Waals surface area contributed by atoms with E-state index in [2.05, 4.69) is 29.7 Å². The maximum atomic E-state index is 9.10. The molecule has 0 amide bonds. The maximum absolute atomic E-state index is 9.10. The van der Waals surface area contributed by atoms with Gasteiger partial charge < -0.3 is 25.6 Å². The van der Waals surface area contributed by atoms with Gasteiger partial charge in [0.05, 0.1) is 7.11 Å². The summed E-state index contributed by atoms with van der Waals surface area (Å²) in [5, 5.41) is 21.0. The zero-order chi connectivity index (χ0) is 17.8. The maximum Gasteiger partial charge on any atom is 0.414 e. The average Bonchev–Trinajstić information content (AvgIpc) is 2.68. The van der Waals surface area contributed by atoms with E-state index in [1.54, 1.807) is 7.11 Å². The lowest BCUT2D eigenvalue weighted by molar-refractivity contribution is -0.159. The van der Waals surface area contributed by atoms with Crippen LogP contribution in [-0.4, -0.2) is 49.9 Å². The van der Waals surface area contributed by atoms with E-state index in [1.807, 2.05) is 20.2 Å². The molecule has 23 heavy (non-hydrogen) atoms. The highest BCUT2D eigenvalue weighted by Crippen LogP contribution is 2.27. The highest BCUT2D eigenvalue weighted by Gasteiger charge is 2.12. The highest BCUT2D eigenvalue weighted by atomic mass is 16.5. The first-order chi connectivity index (χ1) is 10.8. The number of carbonyl (C=O) groups is 2. The van der Waals surface area contributed by atoms with Crippen LogP contribution < -0.4 is 15.4 Å². The van der Waals surface area contributed by atoms with Crippen LogP contribution in [0.3, 0.4) is 0 Å². The largest absolute Gasteiger partial charge is 0.497 e. The second-order valence-electron chi connectivity index (χ2n) is 5.16. The first kappa shape index (κ1) is 20.7. The first-order valence-electron chi connectivity index (χ1n) is 7.31. The Hall–Kier alpha value is -2.28. The lowest BCUT2D eigenvalue weighted by Crippen LogP contribution is -2.09. The van der Waals surface area contributed by atoms with Gasteiger partial charge in [-0.1, -0.05) is 13.0 Å². The predicted molar refractivity (Wildman–Crippen MR) is 89.2 cm³/mol. The molecular formula is C16H26N2O5. The van der Waals surface area contributed by atoms with Crippen molar-refractivity contribution in [2.45, 2.75) is 19.8 Å². The van der Waals surface area contributed by atoms with Gasteiger partial charge in [0.1, 0.15) is 5.75 Å². The molecule has 1 unspecified atom stereocenters. The third kappa shape index (κ3) is 8.67. The van der Waals surface area contributed by atoms with Crippen molar-refractivity contribution in [2.24, 2.45) is 5.92 Å². The molecule has 1 aliphatic heterocycles. The second-order valence-corrected chi connectivity index (χ2v) is 5.16. The molecule has 1 aromatic carbocycles. The van der Waals surface area contributed by atoms with E-state index in [0.717, 1.165) is 18.2 Å². The van der Waals surface area contributed by atoms with Crippen LogP contribution >= 0.6 is 0 Å². The van der Waals surface area contributed by atoms with Crippen LogP contribution in [0.4, 0.5) is 5.69 Å². The molecule has 1 aliphatic rings. The third-order valence-electron chi connectivity index (χ3n) is 3.02. The Labute approximate surface area is 136 Å². The Morgan fingerprint density at radius 1 is 1.26 bits per heavy atom. The molecule has 0 bridgehead atoms. The fourth-order valence-corrected chi connectivity index (χ4v) is 1.96. The number of aliphatic carboxylic acids is 2. The number of rotatable bonds is 1. The lowest BCUT2D eigenvalue weighted by atomic mass is 9.99. The van der Waals surface area contributed by atoms with E-state index < -0.39 is 11.9 Å².